The lowest BCUT2D eigenvalue weighted by atomic mass is 10.2. The standard InChI is InChI=1S/C10H17N5O3/c1-3-4-7(9(16)17)14-10(18)13-6(2)8-11-5-12-15-8/h5-7H,3-4H2,1-2H3,(H,16,17)(H,11,12,15)(H2,13,14,18)/t6?,7-/m1/s1. The lowest BCUT2D eigenvalue weighted by Gasteiger charge is -2.16. The first kappa shape index (κ1) is 13.9. The minimum Gasteiger partial charge on any atom is -0.480 e. The first-order valence-electron chi connectivity index (χ1n) is 5.69. The molecule has 4 N–H and O–H groups in total. The molecule has 0 aliphatic rings. The van der Waals surface area contributed by atoms with Gasteiger partial charge in [0.15, 0.2) is 0 Å². The highest BCUT2D eigenvalue weighted by molar-refractivity contribution is 5.82. The second kappa shape index (κ2) is 6.58. The van der Waals surface area contributed by atoms with Crippen LogP contribution in [-0.2, 0) is 4.79 Å². The van der Waals surface area contributed by atoms with Crippen molar-refractivity contribution in [3.05, 3.63) is 12.2 Å². The molecule has 0 saturated carbocycles. The molecular formula is C10H17N5O3. The number of hydrogen-bond acceptors (Lipinski definition) is 4. The van der Waals surface area contributed by atoms with Crippen LogP contribution in [0.5, 0.6) is 0 Å². The molecule has 0 aromatic carbocycles. The monoisotopic (exact) mass is 255 g/mol. The molecule has 0 spiro atoms. The highest BCUT2D eigenvalue weighted by atomic mass is 16.4. The van der Waals surface area contributed by atoms with Crippen LogP contribution >= 0.6 is 0 Å². The molecule has 8 nitrogen and oxygen atoms in total. The zero-order chi connectivity index (χ0) is 13.5. The van der Waals surface area contributed by atoms with E-state index in [9.17, 15) is 9.59 Å². The Hall–Kier alpha value is -2.12. The number of hydrogen-bond donors (Lipinski definition) is 4. The number of urea groups is 1. The molecule has 1 aromatic heterocycles. The van der Waals surface area contributed by atoms with Gasteiger partial charge in [-0.15, -0.1) is 0 Å². The summed E-state index contributed by atoms with van der Waals surface area (Å²) in [6, 6.07) is -1.79. The van der Waals surface area contributed by atoms with E-state index in [0.29, 0.717) is 18.7 Å². The zero-order valence-corrected chi connectivity index (χ0v) is 10.3. The molecule has 1 rings (SSSR count). The van der Waals surface area contributed by atoms with Gasteiger partial charge in [0.1, 0.15) is 18.2 Å². The maximum Gasteiger partial charge on any atom is 0.326 e. The maximum atomic E-state index is 11.6. The number of aromatic amines is 1. The summed E-state index contributed by atoms with van der Waals surface area (Å²) in [5.74, 6) is -0.535. The Bertz CT molecular complexity index is 392. The van der Waals surface area contributed by atoms with Crippen molar-refractivity contribution in [1.29, 1.82) is 0 Å². The average Bonchev–Trinajstić information content (AvgIpc) is 2.81. The molecule has 2 amide bonds. The van der Waals surface area contributed by atoms with Crippen molar-refractivity contribution in [1.82, 2.24) is 25.8 Å². The summed E-state index contributed by atoms with van der Waals surface area (Å²) in [7, 11) is 0. The van der Waals surface area contributed by atoms with Gasteiger partial charge < -0.3 is 15.7 Å². The minimum absolute atomic E-state index is 0.372. The quantitative estimate of drug-likeness (QED) is 0.587. The Morgan fingerprint density at radius 1 is 1.50 bits per heavy atom. The SMILES string of the molecule is CCC[C@@H](NC(=O)NC(C)c1ncn[nH]1)C(=O)O. The summed E-state index contributed by atoms with van der Waals surface area (Å²) in [6.07, 6.45) is 2.40. The molecule has 0 saturated heterocycles. The number of aromatic nitrogens is 3. The molecule has 0 aliphatic carbocycles. The fourth-order valence-electron chi connectivity index (χ4n) is 1.43. The normalized spacial score (nSPS) is 13.7. The number of nitrogens with zero attached hydrogens (tertiary/aromatic N) is 2. The van der Waals surface area contributed by atoms with Crippen LogP contribution in [0.25, 0.3) is 0 Å². The lowest BCUT2D eigenvalue weighted by molar-refractivity contribution is -0.139. The number of rotatable bonds is 6. The Morgan fingerprint density at radius 3 is 2.72 bits per heavy atom. The van der Waals surface area contributed by atoms with Crippen LogP contribution in [-0.4, -0.2) is 38.3 Å². The smallest absolute Gasteiger partial charge is 0.326 e. The van der Waals surface area contributed by atoms with Crippen LogP contribution in [0.2, 0.25) is 0 Å². The molecule has 18 heavy (non-hydrogen) atoms. The van der Waals surface area contributed by atoms with Crippen molar-refractivity contribution in [3.8, 4) is 0 Å². The van der Waals surface area contributed by atoms with Crippen molar-refractivity contribution < 1.29 is 14.7 Å². The summed E-state index contributed by atoms with van der Waals surface area (Å²) in [5, 5.41) is 20.2. The molecule has 1 heterocycles. The van der Waals surface area contributed by atoms with Gasteiger partial charge in [-0.3, -0.25) is 5.10 Å². The van der Waals surface area contributed by atoms with E-state index >= 15 is 0 Å². The molecule has 2 atom stereocenters. The van der Waals surface area contributed by atoms with Crippen molar-refractivity contribution >= 4 is 12.0 Å². The van der Waals surface area contributed by atoms with E-state index in [1.165, 1.54) is 6.33 Å². The number of carboxylic acid groups (broad SMARTS) is 1. The predicted octanol–water partition coefficient (Wildman–Crippen LogP) is 0.418. The fourth-order valence-corrected chi connectivity index (χ4v) is 1.43. The topological polar surface area (TPSA) is 120 Å². The average molecular weight is 255 g/mol. The molecule has 0 fully saturated rings. The summed E-state index contributed by atoms with van der Waals surface area (Å²) < 4.78 is 0. The van der Waals surface area contributed by atoms with Crippen LogP contribution in [0, 0.1) is 0 Å². The first-order chi connectivity index (χ1) is 8.54. The molecule has 0 aliphatic heterocycles. The van der Waals surface area contributed by atoms with Gasteiger partial charge in [0.25, 0.3) is 0 Å². The van der Waals surface area contributed by atoms with Gasteiger partial charge in [-0.25, -0.2) is 14.6 Å². The number of carbonyl (C=O) groups excluding carboxylic acids is 1. The highest BCUT2D eigenvalue weighted by Gasteiger charge is 2.20. The van der Waals surface area contributed by atoms with Crippen LogP contribution in [0.4, 0.5) is 4.79 Å². The van der Waals surface area contributed by atoms with E-state index in [1.54, 1.807) is 6.92 Å². The second-order valence-corrected chi connectivity index (χ2v) is 3.89. The third-order valence-corrected chi connectivity index (χ3v) is 2.37. The highest BCUT2D eigenvalue weighted by Crippen LogP contribution is 2.04. The van der Waals surface area contributed by atoms with E-state index in [2.05, 4.69) is 25.8 Å². The molecular weight excluding hydrogens is 238 g/mol. The molecule has 1 aromatic rings. The first-order valence-corrected chi connectivity index (χ1v) is 5.69. The minimum atomic E-state index is -1.04. The third-order valence-electron chi connectivity index (χ3n) is 2.37. The summed E-state index contributed by atoms with van der Waals surface area (Å²) in [6.45, 7) is 3.57. The third kappa shape index (κ3) is 4.04. The van der Waals surface area contributed by atoms with E-state index in [1.807, 2.05) is 6.92 Å². The zero-order valence-electron chi connectivity index (χ0n) is 10.3. The Labute approximate surface area is 104 Å². The summed E-state index contributed by atoms with van der Waals surface area (Å²) >= 11 is 0. The van der Waals surface area contributed by atoms with Crippen LogP contribution in [0.15, 0.2) is 6.33 Å². The molecule has 8 heteroatoms. The van der Waals surface area contributed by atoms with Crippen molar-refractivity contribution in [3.63, 3.8) is 0 Å². The van der Waals surface area contributed by atoms with Crippen molar-refractivity contribution in [2.45, 2.75) is 38.8 Å². The Balaban J connectivity index is 2.47. The number of nitrogens with one attached hydrogen (secondary N) is 3. The van der Waals surface area contributed by atoms with Gasteiger partial charge in [0, 0.05) is 0 Å². The number of amides is 2. The van der Waals surface area contributed by atoms with Crippen LogP contribution in [0.3, 0.4) is 0 Å². The van der Waals surface area contributed by atoms with E-state index in [0.717, 1.165) is 0 Å². The van der Waals surface area contributed by atoms with Gasteiger partial charge in [0.2, 0.25) is 0 Å². The molecule has 0 bridgehead atoms. The van der Waals surface area contributed by atoms with E-state index in [-0.39, 0.29) is 6.04 Å². The van der Waals surface area contributed by atoms with Crippen molar-refractivity contribution in [2.24, 2.45) is 0 Å². The Morgan fingerprint density at radius 2 is 2.22 bits per heavy atom. The number of carboxylic acids is 1. The molecule has 100 valence electrons. The van der Waals surface area contributed by atoms with Crippen LogP contribution < -0.4 is 10.6 Å². The van der Waals surface area contributed by atoms with E-state index in [4.69, 9.17) is 5.11 Å². The number of carbonyl (C=O) groups is 2. The lowest BCUT2D eigenvalue weighted by Crippen LogP contribution is -2.46. The van der Waals surface area contributed by atoms with Gasteiger partial charge in [-0.2, -0.15) is 5.10 Å². The predicted molar refractivity (Wildman–Crippen MR) is 62.8 cm³/mol. The fraction of sp³-hybridized carbons (Fsp3) is 0.600. The molecule has 1 unspecified atom stereocenters. The number of aliphatic carboxylic acids is 1. The van der Waals surface area contributed by atoms with Gasteiger partial charge in [0.05, 0.1) is 6.04 Å². The van der Waals surface area contributed by atoms with Gasteiger partial charge in [-0.1, -0.05) is 13.3 Å². The van der Waals surface area contributed by atoms with Crippen LogP contribution in [0.1, 0.15) is 38.6 Å². The summed E-state index contributed by atoms with van der Waals surface area (Å²) in [4.78, 5) is 26.4. The Kier molecular flexibility index (Phi) is 5.09. The second-order valence-electron chi connectivity index (χ2n) is 3.89. The number of H-pyrrole nitrogens is 1. The van der Waals surface area contributed by atoms with Crippen molar-refractivity contribution in [2.75, 3.05) is 0 Å². The largest absolute Gasteiger partial charge is 0.480 e. The molecule has 0 radical (unpaired) electrons. The van der Waals surface area contributed by atoms with E-state index < -0.39 is 18.0 Å². The summed E-state index contributed by atoms with van der Waals surface area (Å²) in [5.41, 5.74) is 0. The van der Waals surface area contributed by atoms with Gasteiger partial charge >= 0.3 is 12.0 Å². The van der Waals surface area contributed by atoms with Gasteiger partial charge in [-0.05, 0) is 13.3 Å². The maximum absolute atomic E-state index is 11.6.